The average Bonchev–Trinajstić information content (AvgIpc) is 2.71. The molecular formula is C20H22N2O5S. The number of para-hydroxylation sites is 2. The monoisotopic (exact) mass is 402 g/mol. The maximum Gasteiger partial charge on any atom is 0.267 e. The number of hydrogen-bond acceptors (Lipinski definition) is 5. The highest BCUT2D eigenvalue weighted by Gasteiger charge is 2.35. The van der Waals surface area contributed by atoms with Gasteiger partial charge in [-0.05, 0) is 31.2 Å². The third-order valence-corrected chi connectivity index (χ3v) is 5.94. The van der Waals surface area contributed by atoms with E-state index in [1.807, 2.05) is 0 Å². The molecule has 1 amide bonds. The number of nitrogens with zero attached hydrogens (tertiary/aromatic N) is 1. The van der Waals surface area contributed by atoms with Crippen molar-refractivity contribution in [3.05, 3.63) is 61.2 Å². The molecule has 1 atom stereocenters. The predicted octanol–water partition coefficient (Wildman–Crippen LogP) is 2.81. The Morgan fingerprint density at radius 2 is 2.11 bits per heavy atom. The summed E-state index contributed by atoms with van der Waals surface area (Å²) >= 11 is 0. The van der Waals surface area contributed by atoms with Gasteiger partial charge in [0.05, 0.1) is 18.0 Å². The van der Waals surface area contributed by atoms with E-state index >= 15 is 0 Å². The number of anilines is 2. The van der Waals surface area contributed by atoms with Crippen molar-refractivity contribution in [2.75, 3.05) is 28.5 Å². The van der Waals surface area contributed by atoms with Gasteiger partial charge < -0.3 is 14.8 Å². The molecule has 3 rings (SSSR count). The SMILES string of the molecule is C=CCOc1cccc(NC(=O)[C@@H]2CN(S(=O)(=O)CC)c3ccccc3O2)c1. The summed E-state index contributed by atoms with van der Waals surface area (Å²) in [7, 11) is -3.55. The summed E-state index contributed by atoms with van der Waals surface area (Å²) in [6.07, 6.45) is 0.649. The van der Waals surface area contributed by atoms with Crippen molar-refractivity contribution in [1.29, 1.82) is 0 Å². The minimum Gasteiger partial charge on any atom is -0.489 e. The van der Waals surface area contributed by atoms with Crippen molar-refractivity contribution in [1.82, 2.24) is 0 Å². The fraction of sp³-hybridized carbons (Fsp3) is 0.250. The zero-order valence-electron chi connectivity index (χ0n) is 15.5. The Morgan fingerprint density at radius 1 is 1.32 bits per heavy atom. The molecule has 2 aromatic rings. The Bertz CT molecular complexity index is 974. The third-order valence-electron chi connectivity index (χ3n) is 4.20. The molecule has 28 heavy (non-hydrogen) atoms. The van der Waals surface area contributed by atoms with Crippen LogP contribution in [0.25, 0.3) is 0 Å². The lowest BCUT2D eigenvalue weighted by Crippen LogP contribution is -2.49. The quantitative estimate of drug-likeness (QED) is 0.720. The number of carbonyl (C=O) groups excluding carboxylic acids is 1. The lowest BCUT2D eigenvalue weighted by Gasteiger charge is -2.34. The number of sulfonamides is 1. The second-order valence-corrected chi connectivity index (χ2v) is 8.30. The Hall–Kier alpha value is -3.00. The number of carbonyl (C=O) groups is 1. The van der Waals surface area contributed by atoms with Crippen molar-refractivity contribution in [3.63, 3.8) is 0 Å². The first kappa shape index (κ1) is 19.8. The van der Waals surface area contributed by atoms with Gasteiger partial charge in [0.2, 0.25) is 10.0 Å². The van der Waals surface area contributed by atoms with Gasteiger partial charge in [0, 0.05) is 11.8 Å². The average molecular weight is 402 g/mol. The van der Waals surface area contributed by atoms with Crippen molar-refractivity contribution in [3.8, 4) is 11.5 Å². The molecule has 1 aliphatic heterocycles. The zero-order chi connectivity index (χ0) is 20.1. The van der Waals surface area contributed by atoms with Crippen LogP contribution in [0.4, 0.5) is 11.4 Å². The molecular weight excluding hydrogens is 380 g/mol. The number of fused-ring (bicyclic) bond motifs is 1. The Morgan fingerprint density at radius 3 is 2.86 bits per heavy atom. The van der Waals surface area contributed by atoms with Crippen LogP contribution >= 0.6 is 0 Å². The molecule has 0 saturated heterocycles. The molecule has 1 heterocycles. The Labute approximate surface area is 164 Å². The highest BCUT2D eigenvalue weighted by molar-refractivity contribution is 7.92. The summed E-state index contributed by atoms with van der Waals surface area (Å²) in [6.45, 7) is 5.42. The first-order valence-corrected chi connectivity index (χ1v) is 10.5. The fourth-order valence-electron chi connectivity index (χ4n) is 2.80. The summed E-state index contributed by atoms with van der Waals surface area (Å²) in [5.74, 6) is 0.432. The summed E-state index contributed by atoms with van der Waals surface area (Å²) in [5.41, 5.74) is 0.965. The van der Waals surface area contributed by atoms with E-state index in [1.54, 1.807) is 61.5 Å². The maximum absolute atomic E-state index is 12.7. The molecule has 0 fully saturated rings. The van der Waals surface area contributed by atoms with E-state index in [-0.39, 0.29) is 12.3 Å². The summed E-state index contributed by atoms with van der Waals surface area (Å²) < 4.78 is 37.5. The lowest BCUT2D eigenvalue weighted by atomic mass is 10.2. The highest BCUT2D eigenvalue weighted by Crippen LogP contribution is 2.35. The van der Waals surface area contributed by atoms with Gasteiger partial charge in [-0.2, -0.15) is 0 Å². The van der Waals surface area contributed by atoms with E-state index in [2.05, 4.69) is 11.9 Å². The largest absolute Gasteiger partial charge is 0.489 e. The van der Waals surface area contributed by atoms with Gasteiger partial charge in [-0.3, -0.25) is 9.10 Å². The topological polar surface area (TPSA) is 84.9 Å². The zero-order valence-corrected chi connectivity index (χ0v) is 16.3. The lowest BCUT2D eigenvalue weighted by molar-refractivity contribution is -0.122. The molecule has 0 aromatic heterocycles. The maximum atomic E-state index is 12.7. The number of amides is 1. The van der Waals surface area contributed by atoms with E-state index in [0.717, 1.165) is 0 Å². The van der Waals surface area contributed by atoms with Gasteiger partial charge in [-0.25, -0.2) is 8.42 Å². The molecule has 0 spiro atoms. The van der Waals surface area contributed by atoms with Gasteiger partial charge in [-0.1, -0.05) is 30.9 Å². The van der Waals surface area contributed by atoms with Gasteiger partial charge in [0.25, 0.3) is 5.91 Å². The van der Waals surface area contributed by atoms with Crippen LogP contribution in [-0.2, 0) is 14.8 Å². The van der Waals surface area contributed by atoms with Gasteiger partial charge in [0.1, 0.15) is 18.1 Å². The number of rotatable bonds is 7. The summed E-state index contributed by atoms with van der Waals surface area (Å²) in [4.78, 5) is 12.7. The number of hydrogen-bond donors (Lipinski definition) is 1. The van der Waals surface area contributed by atoms with Crippen LogP contribution in [0.5, 0.6) is 11.5 Å². The van der Waals surface area contributed by atoms with Crippen molar-refractivity contribution in [2.24, 2.45) is 0 Å². The minimum atomic E-state index is -3.55. The number of nitrogens with one attached hydrogen (secondary N) is 1. The molecule has 0 bridgehead atoms. The van der Waals surface area contributed by atoms with Gasteiger partial charge in [0.15, 0.2) is 6.10 Å². The first-order valence-electron chi connectivity index (χ1n) is 8.85. The highest BCUT2D eigenvalue weighted by atomic mass is 32.2. The van der Waals surface area contributed by atoms with Crippen molar-refractivity contribution < 1.29 is 22.7 Å². The van der Waals surface area contributed by atoms with Crippen LogP contribution in [0.1, 0.15) is 6.92 Å². The third kappa shape index (κ3) is 4.28. The van der Waals surface area contributed by atoms with E-state index in [1.165, 1.54) is 4.31 Å². The smallest absolute Gasteiger partial charge is 0.267 e. The second-order valence-electron chi connectivity index (χ2n) is 6.12. The summed E-state index contributed by atoms with van der Waals surface area (Å²) in [5, 5.41) is 2.76. The molecule has 7 nitrogen and oxygen atoms in total. The molecule has 0 aliphatic carbocycles. The number of benzene rings is 2. The van der Waals surface area contributed by atoms with E-state index in [4.69, 9.17) is 9.47 Å². The van der Waals surface area contributed by atoms with Crippen LogP contribution in [-0.4, -0.2) is 39.3 Å². The molecule has 148 valence electrons. The molecule has 0 unspecified atom stereocenters. The van der Waals surface area contributed by atoms with Gasteiger partial charge in [-0.15, -0.1) is 0 Å². The van der Waals surface area contributed by atoms with E-state index in [0.29, 0.717) is 29.5 Å². The second kappa shape index (κ2) is 8.35. The van der Waals surface area contributed by atoms with Crippen LogP contribution in [0.15, 0.2) is 61.2 Å². The molecule has 2 aromatic carbocycles. The van der Waals surface area contributed by atoms with Crippen LogP contribution in [0, 0.1) is 0 Å². The normalized spacial score (nSPS) is 15.9. The fourth-order valence-corrected chi connectivity index (χ4v) is 3.92. The first-order chi connectivity index (χ1) is 13.4. The van der Waals surface area contributed by atoms with E-state index in [9.17, 15) is 13.2 Å². The van der Waals surface area contributed by atoms with Crippen LogP contribution in [0.3, 0.4) is 0 Å². The van der Waals surface area contributed by atoms with Crippen molar-refractivity contribution >= 4 is 27.3 Å². The van der Waals surface area contributed by atoms with Gasteiger partial charge >= 0.3 is 0 Å². The molecule has 1 N–H and O–H groups in total. The molecule has 8 heteroatoms. The summed E-state index contributed by atoms with van der Waals surface area (Å²) in [6, 6.07) is 13.7. The van der Waals surface area contributed by atoms with E-state index < -0.39 is 22.0 Å². The predicted molar refractivity (Wildman–Crippen MR) is 108 cm³/mol. The van der Waals surface area contributed by atoms with Crippen LogP contribution < -0.4 is 19.1 Å². The Kier molecular flexibility index (Phi) is 5.89. The molecule has 0 radical (unpaired) electrons. The standard InChI is InChI=1S/C20H22N2O5S/c1-3-12-26-16-9-7-8-15(13-16)21-20(23)19-14-22(28(24,25)4-2)17-10-5-6-11-18(17)27-19/h3,5-11,13,19H,1,4,12,14H2,2H3,(H,21,23)/t19-/m0/s1. The minimum absolute atomic E-state index is 0.0711. The molecule has 0 saturated carbocycles. The Balaban J connectivity index is 1.80. The molecule has 1 aliphatic rings. The number of ether oxygens (including phenoxy) is 2. The van der Waals surface area contributed by atoms with Crippen molar-refractivity contribution in [2.45, 2.75) is 13.0 Å². The van der Waals surface area contributed by atoms with Crippen LogP contribution in [0.2, 0.25) is 0 Å².